The highest BCUT2D eigenvalue weighted by Gasteiger charge is 2.24. The number of pyridine rings is 1. The van der Waals surface area contributed by atoms with Gasteiger partial charge in [-0.05, 0) is 12.1 Å². The molecule has 3 rings (SSSR count). The Morgan fingerprint density at radius 3 is 3.14 bits per heavy atom. The van der Waals surface area contributed by atoms with Gasteiger partial charge in [0.1, 0.15) is 18.1 Å². The second-order valence-corrected chi connectivity index (χ2v) is 4.73. The van der Waals surface area contributed by atoms with Crippen LogP contribution in [0.15, 0.2) is 42.7 Å². The first kappa shape index (κ1) is 13.5. The molecular weight excluding hydrogens is 266 g/mol. The van der Waals surface area contributed by atoms with E-state index in [1.54, 1.807) is 12.4 Å². The number of ether oxygens (including phenoxy) is 2. The average Bonchev–Trinajstić information content (AvgIpc) is 2.95. The molecule has 1 aliphatic rings. The summed E-state index contributed by atoms with van der Waals surface area (Å²) in [5.74, 6) is 7.24. The summed E-state index contributed by atoms with van der Waals surface area (Å²) < 4.78 is 11.4. The molecule has 4 heteroatoms. The maximum absolute atomic E-state index is 8.70. The predicted molar refractivity (Wildman–Crippen MR) is 78.4 cm³/mol. The molecule has 0 spiro atoms. The fraction of sp³-hybridized carbons (Fsp3) is 0.235. The van der Waals surface area contributed by atoms with Gasteiger partial charge in [-0.3, -0.25) is 4.98 Å². The molecule has 1 aliphatic heterocycles. The summed E-state index contributed by atoms with van der Waals surface area (Å²) in [5.41, 5.74) is 1.91. The lowest BCUT2D eigenvalue weighted by atomic mass is 10.0. The van der Waals surface area contributed by atoms with Crippen molar-refractivity contribution in [2.24, 2.45) is 0 Å². The highest BCUT2D eigenvalue weighted by molar-refractivity contribution is 5.40. The molecule has 4 nitrogen and oxygen atoms in total. The molecule has 1 aromatic carbocycles. The third-order valence-electron chi connectivity index (χ3n) is 3.27. The van der Waals surface area contributed by atoms with Crippen molar-refractivity contribution in [2.45, 2.75) is 5.92 Å². The van der Waals surface area contributed by atoms with Gasteiger partial charge in [0.15, 0.2) is 0 Å². The van der Waals surface area contributed by atoms with Crippen molar-refractivity contribution in [3.8, 4) is 23.3 Å². The average molecular weight is 281 g/mol. The fourth-order valence-electron chi connectivity index (χ4n) is 2.27. The number of rotatable bonds is 3. The number of para-hydroxylation sites is 1. The van der Waals surface area contributed by atoms with Crippen molar-refractivity contribution in [1.29, 1.82) is 0 Å². The van der Waals surface area contributed by atoms with Crippen molar-refractivity contribution in [3.63, 3.8) is 0 Å². The minimum atomic E-state index is -0.165. The Bertz CT molecular complexity index is 688. The van der Waals surface area contributed by atoms with E-state index in [0.29, 0.717) is 19.0 Å². The lowest BCUT2D eigenvalue weighted by Crippen LogP contribution is -2.11. The van der Waals surface area contributed by atoms with Crippen LogP contribution in [-0.2, 0) is 0 Å². The molecule has 2 aromatic rings. The molecule has 1 atom stereocenters. The van der Waals surface area contributed by atoms with E-state index in [9.17, 15) is 0 Å². The molecule has 1 aromatic heterocycles. The monoisotopic (exact) mass is 281 g/mol. The van der Waals surface area contributed by atoms with Crippen molar-refractivity contribution in [2.75, 3.05) is 19.8 Å². The van der Waals surface area contributed by atoms with Gasteiger partial charge < -0.3 is 14.6 Å². The topological polar surface area (TPSA) is 51.6 Å². The smallest absolute Gasteiger partial charge is 0.138 e. The van der Waals surface area contributed by atoms with E-state index < -0.39 is 0 Å². The number of aliphatic hydroxyl groups is 1. The minimum absolute atomic E-state index is 0.165. The molecule has 1 N–H and O–H groups in total. The molecule has 0 radical (unpaired) electrons. The van der Waals surface area contributed by atoms with Crippen LogP contribution in [0.1, 0.15) is 17.0 Å². The minimum Gasteiger partial charge on any atom is -0.493 e. The van der Waals surface area contributed by atoms with Crippen LogP contribution in [0.4, 0.5) is 0 Å². The number of fused-ring (bicyclic) bond motifs is 1. The zero-order valence-corrected chi connectivity index (χ0v) is 11.5. The Morgan fingerprint density at radius 1 is 1.33 bits per heavy atom. The zero-order valence-electron chi connectivity index (χ0n) is 11.5. The van der Waals surface area contributed by atoms with Gasteiger partial charge in [0.2, 0.25) is 0 Å². The van der Waals surface area contributed by atoms with Gasteiger partial charge >= 0.3 is 0 Å². The normalized spacial score (nSPS) is 15.6. The van der Waals surface area contributed by atoms with Crippen LogP contribution in [0.25, 0.3) is 0 Å². The molecule has 2 heterocycles. The summed E-state index contributed by atoms with van der Waals surface area (Å²) in [4.78, 5) is 4.09. The lowest BCUT2D eigenvalue weighted by Gasteiger charge is -2.11. The Labute approximate surface area is 123 Å². The first-order valence-corrected chi connectivity index (χ1v) is 6.76. The maximum Gasteiger partial charge on any atom is 0.138 e. The van der Waals surface area contributed by atoms with Crippen molar-refractivity contribution in [1.82, 2.24) is 4.98 Å². The number of hydrogen-bond donors (Lipinski definition) is 1. The Balaban J connectivity index is 1.66. The van der Waals surface area contributed by atoms with Gasteiger partial charge in [-0.25, -0.2) is 0 Å². The number of aliphatic hydroxyl groups excluding tert-OH is 1. The van der Waals surface area contributed by atoms with Crippen molar-refractivity contribution >= 4 is 0 Å². The molecule has 0 fully saturated rings. The summed E-state index contributed by atoms with van der Waals surface area (Å²) in [7, 11) is 0. The SMILES string of the molecule is OCC#Cc1cncc(OCC2COc3ccccc32)c1. The zero-order chi connectivity index (χ0) is 14.5. The van der Waals surface area contributed by atoms with E-state index in [0.717, 1.165) is 11.3 Å². The molecule has 1 unspecified atom stereocenters. The van der Waals surface area contributed by atoms with E-state index in [-0.39, 0.29) is 12.5 Å². The van der Waals surface area contributed by atoms with Gasteiger partial charge in [-0.1, -0.05) is 30.0 Å². The molecule has 0 saturated heterocycles. The Hall–Kier alpha value is -2.51. The molecule has 0 aliphatic carbocycles. The summed E-state index contributed by atoms with van der Waals surface area (Å²) in [6.45, 7) is 1.01. The summed E-state index contributed by atoms with van der Waals surface area (Å²) in [6, 6.07) is 9.83. The first-order valence-electron chi connectivity index (χ1n) is 6.76. The highest BCUT2D eigenvalue weighted by Crippen LogP contribution is 2.33. The van der Waals surface area contributed by atoms with Crippen molar-refractivity contribution in [3.05, 3.63) is 53.9 Å². The lowest BCUT2D eigenvalue weighted by molar-refractivity contribution is 0.248. The maximum atomic E-state index is 8.70. The van der Waals surface area contributed by atoms with E-state index in [1.165, 1.54) is 5.56 Å². The highest BCUT2D eigenvalue weighted by atomic mass is 16.5. The first-order chi connectivity index (χ1) is 10.4. The van der Waals surface area contributed by atoms with Gasteiger partial charge in [-0.2, -0.15) is 0 Å². The summed E-state index contributed by atoms with van der Waals surface area (Å²) >= 11 is 0. The third-order valence-corrected chi connectivity index (χ3v) is 3.27. The van der Waals surface area contributed by atoms with Crippen LogP contribution in [0.5, 0.6) is 11.5 Å². The van der Waals surface area contributed by atoms with Crippen LogP contribution in [0, 0.1) is 11.8 Å². The number of aromatic nitrogens is 1. The van der Waals surface area contributed by atoms with Crippen LogP contribution in [0.2, 0.25) is 0 Å². The Kier molecular flexibility index (Phi) is 4.04. The van der Waals surface area contributed by atoms with E-state index >= 15 is 0 Å². The molecule has 0 saturated carbocycles. The summed E-state index contributed by atoms with van der Waals surface area (Å²) in [6.07, 6.45) is 3.30. The Morgan fingerprint density at radius 2 is 2.24 bits per heavy atom. The molecular formula is C17H15NO3. The van der Waals surface area contributed by atoms with E-state index in [1.807, 2.05) is 24.3 Å². The van der Waals surface area contributed by atoms with Crippen molar-refractivity contribution < 1.29 is 14.6 Å². The number of benzene rings is 1. The van der Waals surface area contributed by atoms with E-state index in [2.05, 4.69) is 22.9 Å². The van der Waals surface area contributed by atoms with Crippen LogP contribution in [-0.4, -0.2) is 29.9 Å². The van der Waals surface area contributed by atoms with E-state index in [4.69, 9.17) is 14.6 Å². The largest absolute Gasteiger partial charge is 0.493 e. The molecule has 0 bridgehead atoms. The molecule has 21 heavy (non-hydrogen) atoms. The second kappa shape index (κ2) is 6.29. The molecule has 106 valence electrons. The number of nitrogens with zero attached hydrogens (tertiary/aromatic N) is 1. The van der Waals surface area contributed by atoms with Gasteiger partial charge in [0.05, 0.1) is 25.3 Å². The van der Waals surface area contributed by atoms with Gasteiger partial charge in [0.25, 0.3) is 0 Å². The van der Waals surface area contributed by atoms with Gasteiger partial charge in [0, 0.05) is 17.3 Å². The van der Waals surface area contributed by atoms with Crippen LogP contribution < -0.4 is 9.47 Å². The van der Waals surface area contributed by atoms with Gasteiger partial charge in [-0.15, -0.1) is 0 Å². The van der Waals surface area contributed by atoms with Crippen LogP contribution >= 0.6 is 0 Å². The molecule has 0 amide bonds. The second-order valence-electron chi connectivity index (χ2n) is 4.73. The third kappa shape index (κ3) is 3.15. The van der Waals surface area contributed by atoms with Crippen LogP contribution in [0.3, 0.4) is 0 Å². The quantitative estimate of drug-likeness (QED) is 0.874. The predicted octanol–water partition coefficient (Wildman–Crippen LogP) is 1.98. The number of hydrogen-bond acceptors (Lipinski definition) is 4. The summed E-state index contributed by atoms with van der Waals surface area (Å²) in [5, 5.41) is 8.70. The standard InChI is InChI=1S/C17H15NO3/c19-7-3-4-13-8-15(10-18-9-13)20-11-14-12-21-17-6-2-1-5-16(14)17/h1-2,5-6,8-10,14,19H,7,11-12H2. The fourth-order valence-corrected chi connectivity index (χ4v) is 2.27.